The van der Waals surface area contributed by atoms with Crippen molar-refractivity contribution in [2.45, 2.75) is 44.8 Å². The molecule has 2 saturated heterocycles. The summed E-state index contributed by atoms with van der Waals surface area (Å²) in [6.07, 6.45) is 6.31. The summed E-state index contributed by atoms with van der Waals surface area (Å²) >= 11 is 0. The number of amides is 1. The monoisotopic (exact) mass is 384 g/mol. The van der Waals surface area contributed by atoms with E-state index in [1.54, 1.807) is 6.07 Å². The number of benzene rings is 1. The van der Waals surface area contributed by atoms with Crippen LogP contribution in [-0.2, 0) is 4.74 Å². The molecule has 2 aliphatic heterocycles. The van der Waals surface area contributed by atoms with Gasteiger partial charge in [0.05, 0.1) is 17.8 Å². The van der Waals surface area contributed by atoms with Gasteiger partial charge in [-0.15, -0.1) is 0 Å². The predicted octanol–water partition coefficient (Wildman–Crippen LogP) is 2.93. The maximum Gasteiger partial charge on any atom is 0.276 e. The van der Waals surface area contributed by atoms with Crippen molar-refractivity contribution in [3.63, 3.8) is 0 Å². The molecule has 7 nitrogen and oxygen atoms in total. The summed E-state index contributed by atoms with van der Waals surface area (Å²) in [6.45, 7) is 5.24. The van der Waals surface area contributed by atoms with E-state index in [-0.39, 0.29) is 12.0 Å². The third kappa shape index (κ3) is 4.54. The van der Waals surface area contributed by atoms with Crippen molar-refractivity contribution < 1.29 is 14.3 Å². The van der Waals surface area contributed by atoms with E-state index < -0.39 is 0 Å². The van der Waals surface area contributed by atoms with Crippen LogP contribution in [0, 0.1) is 6.92 Å². The minimum absolute atomic E-state index is 0.129. The lowest BCUT2D eigenvalue weighted by Crippen LogP contribution is -2.32. The van der Waals surface area contributed by atoms with Gasteiger partial charge in [0.15, 0.2) is 5.69 Å². The SMILES string of the molecule is Cc1ccc(NC(=O)c2ccn(C3CCCNC3)n2)c(OCC2CCCO2)c1. The Kier molecular flexibility index (Phi) is 5.92. The average molecular weight is 384 g/mol. The first-order chi connectivity index (χ1) is 13.7. The Morgan fingerprint density at radius 1 is 1.36 bits per heavy atom. The fourth-order valence-corrected chi connectivity index (χ4v) is 3.72. The largest absolute Gasteiger partial charge is 0.489 e. The number of carbonyl (C=O) groups excluding carboxylic acids is 1. The van der Waals surface area contributed by atoms with Crippen molar-refractivity contribution in [3.05, 3.63) is 41.7 Å². The predicted molar refractivity (Wildman–Crippen MR) is 107 cm³/mol. The first-order valence-electron chi connectivity index (χ1n) is 10.1. The molecule has 0 aliphatic carbocycles. The number of hydrogen-bond acceptors (Lipinski definition) is 5. The van der Waals surface area contributed by atoms with Crippen LogP contribution in [0.15, 0.2) is 30.5 Å². The van der Waals surface area contributed by atoms with Gasteiger partial charge in [-0.1, -0.05) is 6.07 Å². The molecule has 1 aromatic heterocycles. The molecule has 28 heavy (non-hydrogen) atoms. The molecule has 2 aliphatic rings. The Bertz CT molecular complexity index is 808. The molecule has 1 aromatic carbocycles. The van der Waals surface area contributed by atoms with Gasteiger partial charge >= 0.3 is 0 Å². The molecule has 2 unspecified atom stereocenters. The van der Waals surface area contributed by atoms with Crippen LogP contribution in [-0.4, -0.2) is 48.1 Å². The van der Waals surface area contributed by atoms with Crippen LogP contribution in [0.4, 0.5) is 5.69 Å². The van der Waals surface area contributed by atoms with E-state index in [4.69, 9.17) is 9.47 Å². The number of piperidine rings is 1. The molecule has 0 bridgehead atoms. The highest BCUT2D eigenvalue weighted by molar-refractivity contribution is 6.03. The normalized spacial score (nSPS) is 22.2. The zero-order chi connectivity index (χ0) is 19.3. The quantitative estimate of drug-likeness (QED) is 0.801. The van der Waals surface area contributed by atoms with Crippen molar-refractivity contribution in [2.75, 3.05) is 31.6 Å². The molecule has 2 atom stereocenters. The number of ether oxygens (including phenoxy) is 2. The molecule has 1 amide bonds. The van der Waals surface area contributed by atoms with E-state index in [0.29, 0.717) is 29.8 Å². The van der Waals surface area contributed by atoms with Crippen LogP contribution >= 0.6 is 0 Å². The summed E-state index contributed by atoms with van der Waals surface area (Å²) in [5, 5.41) is 10.8. The minimum atomic E-state index is -0.228. The summed E-state index contributed by atoms with van der Waals surface area (Å²) in [5.41, 5.74) is 2.15. The fourth-order valence-electron chi connectivity index (χ4n) is 3.72. The van der Waals surface area contributed by atoms with Gasteiger partial charge in [-0.05, 0) is 62.9 Å². The second-order valence-corrected chi connectivity index (χ2v) is 7.58. The van der Waals surface area contributed by atoms with Gasteiger partial charge in [0.1, 0.15) is 12.4 Å². The molecule has 0 spiro atoms. The lowest BCUT2D eigenvalue weighted by Gasteiger charge is -2.22. The molecule has 2 N–H and O–H groups in total. The third-order valence-electron chi connectivity index (χ3n) is 5.32. The summed E-state index contributed by atoms with van der Waals surface area (Å²) < 4.78 is 13.5. The van der Waals surface area contributed by atoms with Crippen molar-refractivity contribution in [2.24, 2.45) is 0 Å². The number of anilines is 1. The molecule has 0 radical (unpaired) electrons. The molecule has 2 fully saturated rings. The number of nitrogens with zero attached hydrogens (tertiary/aromatic N) is 2. The van der Waals surface area contributed by atoms with Crippen LogP contribution < -0.4 is 15.4 Å². The van der Waals surface area contributed by atoms with Gasteiger partial charge in [0.2, 0.25) is 0 Å². The van der Waals surface area contributed by atoms with Crippen molar-refractivity contribution >= 4 is 11.6 Å². The Hall–Kier alpha value is -2.38. The zero-order valence-corrected chi connectivity index (χ0v) is 16.3. The smallest absolute Gasteiger partial charge is 0.276 e. The molecule has 4 rings (SSSR count). The molecule has 0 saturated carbocycles. The highest BCUT2D eigenvalue weighted by atomic mass is 16.5. The van der Waals surface area contributed by atoms with Gasteiger partial charge in [0.25, 0.3) is 5.91 Å². The maximum atomic E-state index is 12.7. The molecule has 3 heterocycles. The highest BCUT2D eigenvalue weighted by Gasteiger charge is 2.20. The van der Waals surface area contributed by atoms with Crippen molar-refractivity contribution in [3.8, 4) is 5.75 Å². The number of rotatable bonds is 6. The van der Waals surface area contributed by atoms with E-state index in [1.807, 2.05) is 36.0 Å². The van der Waals surface area contributed by atoms with Crippen molar-refractivity contribution in [1.82, 2.24) is 15.1 Å². The fraction of sp³-hybridized carbons (Fsp3) is 0.524. The first kappa shape index (κ1) is 19.0. The van der Waals surface area contributed by atoms with Gasteiger partial charge in [-0.25, -0.2) is 0 Å². The zero-order valence-electron chi connectivity index (χ0n) is 16.3. The summed E-state index contributed by atoms with van der Waals surface area (Å²) in [5.74, 6) is 0.438. The number of carbonyl (C=O) groups is 1. The number of hydrogen-bond donors (Lipinski definition) is 2. The Labute approximate surface area is 165 Å². The average Bonchev–Trinajstić information content (AvgIpc) is 3.41. The maximum absolute atomic E-state index is 12.7. The van der Waals surface area contributed by atoms with Gasteiger partial charge in [-0.3, -0.25) is 9.48 Å². The summed E-state index contributed by atoms with van der Waals surface area (Å²) in [7, 11) is 0. The topological polar surface area (TPSA) is 77.4 Å². The Morgan fingerprint density at radius 3 is 3.07 bits per heavy atom. The van der Waals surface area contributed by atoms with Crippen LogP contribution in [0.3, 0.4) is 0 Å². The Morgan fingerprint density at radius 2 is 2.29 bits per heavy atom. The summed E-state index contributed by atoms with van der Waals surface area (Å²) in [6, 6.07) is 7.85. The van der Waals surface area contributed by atoms with Crippen LogP contribution in [0.1, 0.15) is 47.8 Å². The van der Waals surface area contributed by atoms with E-state index in [9.17, 15) is 4.79 Å². The number of aromatic nitrogens is 2. The van der Waals surface area contributed by atoms with E-state index >= 15 is 0 Å². The number of nitrogens with one attached hydrogen (secondary N) is 2. The Balaban J connectivity index is 1.42. The van der Waals surface area contributed by atoms with Crippen LogP contribution in [0.2, 0.25) is 0 Å². The number of aryl methyl sites for hydroxylation is 1. The second-order valence-electron chi connectivity index (χ2n) is 7.58. The van der Waals surface area contributed by atoms with Gasteiger partial charge < -0.3 is 20.1 Å². The molecule has 2 aromatic rings. The van der Waals surface area contributed by atoms with Crippen LogP contribution in [0.25, 0.3) is 0 Å². The van der Waals surface area contributed by atoms with Crippen molar-refractivity contribution in [1.29, 1.82) is 0 Å². The van der Waals surface area contributed by atoms with Gasteiger partial charge in [-0.2, -0.15) is 5.10 Å². The van der Waals surface area contributed by atoms with E-state index in [2.05, 4.69) is 15.7 Å². The minimum Gasteiger partial charge on any atom is -0.489 e. The lowest BCUT2D eigenvalue weighted by molar-refractivity contribution is 0.0681. The second kappa shape index (κ2) is 8.75. The molecular formula is C21H28N4O3. The first-order valence-corrected chi connectivity index (χ1v) is 10.1. The third-order valence-corrected chi connectivity index (χ3v) is 5.32. The molecule has 7 heteroatoms. The standard InChI is InChI=1S/C21H28N4O3/c1-15-6-7-18(20(12-15)28-14-17-5-3-11-27-17)23-21(26)19-8-10-25(24-19)16-4-2-9-22-13-16/h6-8,10,12,16-17,22H,2-5,9,11,13-14H2,1H3,(H,23,26). The molecule has 150 valence electrons. The summed E-state index contributed by atoms with van der Waals surface area (Å²) in [4.78, 5) is 12.7. The van der Waals surface area contributed by atoms with Crippen LogP contribution in [0.5, 0.6) is 5.75 Å². The molecular weight excluding hydrogens is 356 g/mol. The highest BCUT2D eigenvalue weighted by Crippen LogP contribution is 2.27. The van der Waals surface area contributed by atoms with Gasteiger partial charge in [0, 0.05) is 19.3 Å². The lowest BCUT2D eigenvalue weighted by atomic mass is 10.1. The van der Waals surface area contributed by atoms with E-state index in [0.717, 1.165) is 50.9 Å². The van der Waals surface area contributed by atoms with E-state index in [1.165, 1.54) is 0 Å².